The van der Waals surface area contributed by atoms with Gasteiger partial charge in [0.2, 0.25) is 0 Å². The second-order valence-corrected chi connectivity index (χ2v) is 8.38. The molecule has 7 heteroatoms. The van der Waals surface area contributed by atoms with Crippen molar-refractivity contribution < 1.29 is 28.5 Å². The van der Waals surface area contributed by atoms with Gasteiger partial charge in [0.1, 0.15) is 12.1 Å². The van der Waals surface area contributed by atoms with E-state index in [1.54, 1.807) is 26.4 Å². The highest BCUT2D eigenvalue weighted by atomic mass is 16.6. The first-order chi connectivity index (χ1) is 14.3. The molecule has 2 rings (SSSR count). The maximum Gasteiger partial charge on any atom is 0.407 e. The molecule has 1 N–H and O–H groups in total. The lowest BCUT2D eigenvalue weighted by Gasteiger charge is -2.37. The van der Waals surface area contributed by atoms with Crippen molar-refractivity contribution in [1.82, 2.24) is 5.32 Å². The summed E-state index contributed by atoms with van der Waals surface area (Å²) >= 11 is 0. The molecule has 1 aromatic carbocycles. The maximum absolute atomic E-state index is 13.1. The number of esters is 1. The van der Waals surface area contributed by atoms with E-state index in [1.165, 1.54) is 7.11 Å². The van der Waals surface area contributed by atoms with E-state index in [0.29, 0.717) is 29.3 Å². The standard InChI is InChI=1S/C23H35NO6/c1-14(2)17-9-7-15(3)11-20(17)30-22(25)18(24-23(26)29-6)12-16-8-10-19(27-4)21(13-16)28-5/h8,10,13-15,17-18,20H,7,9,11-12H2,1-6H3,(H,24,26)/t15?,17?,18-,20?/m0/s1. The predicted octanol–water partition coefficient (Wildman–Crippen LogP) is 3.97. The molecule has 0 bridgehead atoms. The van der Waals surface area contributed by atoms with Gasteiger partial charge >= 0.3 is 12.1 Å². The fourth-order valence-corrected chi connectivity index (χ4v) is 4.12. The topological polar surface area (TPSA) is 83.1 Å². The van der Waals surface area contributed by atoms with Gasteiger partial charge in [0, 0.05) is 6.42 Å². The quantitative estimate of drug-likeness (QED) is 0.640. The Morgan fingerprint density at radius 1 is 1.10 bits per heavy atom. The van der Waals surface area contributed by atoms with Crippen LogP contribution in [0.3, 0.4) is 0 Å². The van der Waals surface area contributed by atoms with Crippen molar-refractivity contribution in [1.29, 1.82) is 0 Å². The number of amides is 1. The van der Waals surface area contributed by atoms with Gasteiger partial charge in [-0.3, -0.25) is 0 Å². The van der Waals surface area contributed by atoms with Crippen molar-refractivity contribution in [2.24, 2.45) is 17.8 Å². The Hall–Kier alpha value is -2.44. The number of alkyl carbamates (subject to hydrolysis) is 1. The highest BCUT2D eigenvalue weighted by molar-refractivity contribution is 5.81. The molecule has 1 aromatic rings. The molecular formula is C23H35NO6. The van der Waals surface area contributed by atoms with Crippen LogP contribution in [0.4, 0.5) is 4.79 Å². The first-order valence-electron chi connectivity index (χ1n) is 10.5. The molecular weight excluding hydrogens is 386 g/mol. The van der Waals surface area contributed by atoms with E-state index in [9.17, 15) is 9.59 Å². The first kappa shape index (κ1) is 23.8. The number of nitrogens with one attached hydrogen (secondary N) is 1. The molecule has 0 spiro atoms. The maximum atomic E-state index is 13.1. The van der Waals surface area contributed by atoms with Crippen molar-refractivity contribution in [3.8, 4) is 11.5 Å². The zero-order chi connectivity index (χ0) is 22.3. The van der Waals surface area contributed by atoms with Crippen LogP contribution in [0.2, 0.25) is 0 Å². The van der Waals surface area contributed by atoms with E-state index in [1.807, 2.05) is 6.07 Å². The van der Waals surface area contributed by atoms with Gasteiger partial charge in [0.25, 0.3) is 0 Å². The Balaban J connectivity index is 2.19. The van der Waals surface area contributed by atoms with Gasteiger partial charge in [-0.1, -0.05) is 33.3 Å². The lowest BCUT2D eigenvalue weighted by molar-refractivity contribution is -0.158. The molecule has 7 nitrogen and oxygen atoms in total. The average Bonchev–Trinajstić information content (AvgIpc) is 2.72. The van der Waals surface area contributed by atoms with Crippen molar-refractivity contribution >= 4 is 12.1 Å². The minimum atomic E-state index is -0.861. The van der Waals surface area contributed by atoms with E-state index >= 15 is 0 Å². The molecule has 0 saturated heterocycles. The number of hydrogen-bond acceptors (Lipinski definition) is 6. The Morgan fingerprint density at radius 3 is 2.40 bits per heavy atom. The molecule has 1 fully saturated rings. The lowest BCUT2D eigenvalue weighted by atomic mass is 9.75. The Labute approximate surface area is 179 Å². The van der Waals surface area contributed by atoms with Crippen molar-refractivity contribution in [2.75, 3.05) is 21.3 Å². The van der Waals surface area contributed by atoms with Crippen molar-refractivity contribution in [3.05, 3.63) is 23.8 Å². The Morgan fingerprint density at radius 2 is 1.80 bits per heavy atom. The smallest absolute Gasteiger partial charge is 0.407 e. The number of rotatable bonds is 8. The molecule has 3 unspecified atom stereocenters. The Bertz CT molecular complexity index is 720. The third-order valence-corrected chi connectivity index (χ3v) is 5.88. The summed E-state index contributed by atoms with van der Waals surface area (Å²) in [6.07, 6.45) is 2.47. The first-order valence-corrected chi connectivity index (χ1v) is 10.5. The van der Waals surface area contributed by atoms with Crippen LogP contribution in [-0.4, -0.2) is 45.5 Å². The van der Waals surface area contributed by atoms with Crippen LogP contribution in [0.15, 0.2) is 18.2 Å². The number of hydrogen-bond donors (Lipinski definition) is 1. The molecule has 1 aliphatic rings. The summed E-state index contributed by atoms with van der Waals surface area (Å²) in [6.45, 7) is 6.51. The fraction of sp³-hybridized carbons (Fsp3) is 0.652. The minimum Gasteiger partial charge on any atom is -0.493 e. The van der Waals surface area contributed by atoms with Crippen molar-refractivity contribution in [3.63, 3.8) is 0 Å². The van der Waals surface area contributed by atoms with Gasteiger partial charge in [0.15, 0.2) is 11.5 Å². The summed E-state index contributed by atoms with van der Waals surface area (Å²) in [5.41, 5.74) is 0.809. The highest BCUT2D eigenvalue weighted by Crippen LogP contribution is 2.35. The summed E-state index contributed by atoms with van der Waals surface area (Å²) in [7, 11) is 4.38. The van der Waals surface area contributed by atoms with Crippen LogP contribution in [-0.2, 0) is 20.7 Å². The normalized spacial score (nSPS) is 22.2. The number of ether oxygens (including phenoxy) is 4. The van der Waals surface area contributed by atoms with E-state index in [4.69, 9.17) is 18.9 Å². The molecule has 1 saturated carbocycles. The van der Waals surface area contributed by atoms with E-state index < -0.39 is 18.1 Å². The average molecular weight is 422 g/mol. The van der Waals surface area contributed by atoms with Gasteiger partial charge < -0.3 is 24.3 Å². The van der Waals surface area contributed by atoms with Crippen LogP contribution < -0.4 is 14.8 Å². The molecule has 1 aliphatic carbocycles. The summed E-state index contributed by atoms with van der Waals surface area (Å²) in [5.74, 6) is 1.97. The zero-order valence-electron chi connectivity index (χ0n) is 18.9. The van der Waals surface area contributed by atoms with Gasteiger partial charge in [-0.25, -0.2) is 9.59 Å². The third-order valence-electron chi connectivity index (χ3n) is 5.88. The van der Waals surface area contributed by atoms with Gasteiger partial charge in [-0.05, 0) is 48.3 Å². The highest BCUT2D eigenvalue weighted by Gasteiger charge is 2.35. The van der Waals surface area contributed by atoms with Crippen LogP contribution in [0.1, 0.15) is 45.6 Å². The minimum absolute atomic E-state index is 0.145. The van der Waals surface area contributed by atoms with Gasteiger partial charge in [0.05, 0.1) is 21.3 Å². The van der Waals surface area contributed by atoms with E-state index in [-0.39, 0.29) is 12.5 Å². The monoisotopic (exact) mass is 421 g/mol. The molecule has 0 radical (unpaired) electrons. The SMILES string of the molecule is COC(=O)N[C@@H](Cc1ccc(OC)c(OC)c1)C(=O)OC1CC(C)CCC1C(C)C. The second-order valence-electron chi connectivity index (χ2n) is 8.38. The molecule has 0 heterocycles. The largest absolute Gasteiger partial charge is 0.493 e. The number of methoxy groups -OCH3 is 3. The van der Waals surface area contributed by atoms with Crippen LogP contribution in [0, 0.1) is 17.8 Å². The van der Waals surface area contributed by atoms with Crippen LogP contribution in [0.5, 0.6) is 11.5 Å². The number of carbonyl (C=O) groups is 2. The lowest BCUT2D eigenvalue weighted by Crippen LogP contribution is -2.46. The van der Waals surface area contributed by atoms with Gasteiger partial charge in [-0.2, -0.15) is 0 Å². The van der Waals surface area contributed by atoms with Gasteiger partial charge in [-0.15, -0.1) is 0 Å². The second kappa shape index (κ2) is 11.1. The predicted molar refractivity (Wildman–Crippen MR) is 114 cm³/mol. The summed E-state index contributed by atoms with van der Waals surface area (Å²) < 4.78 is 21.3. The molecule has 4 atom stereocenters. The number of carbonyl (C=O) groups excluding carboxylic acids is 2. The van der Waals surface area contributed by atoms with E-state index in [2.05, 4.69) is 26.1 Å². The Kier molecular flexibility index (Phi) is 8.81. The molecule has 1 amide bonds. The van der Waals surface area contributed by atoms with Crippen molar-refractivity contribution in [2.45, 2.75) is 58.6 Å². The summed E-state index contributed by atoms with van der Waals surface area (Å²) in [4.78, 5) is 24.9. The van der Waals surface area contributed by atoms with Crippen LogP contribution >= 0.6 is 0 Å². The molecule has 30 heavy (non-hydrogen) atoms. The molecule has 168 valence electrons. The van der Waals surface area contributed by atoms with Crippen LogP contribution in [0.25, 0.3) is 0 Å². The number of benzene rings is 1. The third kappa shape index (κ3) is 6.28. The van der Waals surface area contributed by atoms with E-state index in [0.717, 1.165) is 24.8 Å². The fourth-order valence-electron chi connectivity index (χ4n) is 4.12. The summed E-state index contributed by atoms with van der Waals surface area (Å²) in [5, 5.41) is 2.62. The molecule has 0 aromatic heterocycles. The molecule has 0 aliphatic heterocycles. The summed E-state index contributed by atoms with van der Waals surface area (Å²) in [6, 6.07) is 4.53. The zero-order valence-corrected chi connectivity index (χ0v) is 18.9.